The van der Waals surface area contributed by atoms with Crippen molar-refractivity contribution in [2.45, 2.75) is 13.0 Å². The highest BCUT2D eigenvalue weighted by Crippen LogP contribution is 2.29. The predicted molar refractivity (Wildman–Crippen MR) is 80.0 cm³/mol. The van der Waals surface area contributed by atoms with Gasteiger partial charge in [0.2, 0.25) is 0 Å². The number of carbonyl (C=O) groups is 1. The highest BCUT2D eigenvalue weighted by Gasteiger charge is 2.11. The van der Waals surface area contributed by atoms with Crippen molar-refractivity contribution in [1.29, 1.82) is 0 Å². The minimum Gasteiger partial charge on any atom is -0.337 e. The molecular formula is C13H19Cl2N3O. The fourth-order valence-electron chi connectivity index (χ4n) is 1.58. The Bertz CT molecular complexity index is 438. The van der Waals surface area contributed by atoms with Crippen molar-refractivity contribution in [3.63, 3.8) is 0 Å². The number of nitrogens with zero attached hydrogens (tertiary/aromatic N) is 1. The molecule has 0 saturated carbocycles. The van der Waals surface area contributed by atoms with Crippen LogP contribution in [0.2, 0.25) is 10.0 Å². The average Bonchev–Trinajstić information content (AvgIpc) is 2.37. The summed E-state index contributed by atoms with van der Waals surface area (Å²) in [6, 6.07) is 5.54. The van der Waals surface area contributed by atoms with Crippen LogP contribution < -0.4 is 10.6 Å². The van der Waals surface area contributed by atoms with Crippen LogP contribution in [-0.4, -0.2) is 38.1 Å². The van der Waals surface area contributed by atoms with Crippen LogP contribution in [-0.2, 0) is 0 Å². The smallest absolute Gasteiger partial charge is 0.316 e. The van der Waals surface area contributed by atoms with Gasteiger partial charge in [0.25, 0.3) is 0 Å². The molecule has 6 heteroatoms. The first-order valence-electron chi connectivity index (χ1n) is 6.06. The third-order valence-corrected chi connectivity index (χ3v) is 3.54. The van der Waals surface area contributed by atoms with Gasteiger partial charge in [-0.05, 0) is 18.6 Å². The monoisotopic (exact) mass is 303 g/mol. The first-order chi connectivity index (χ1) is 8.93. The zero-order chi connectivity index (χ0) is 14.4. The van der Waals surface area contributed by atoms with Crippen LogP contribution in [0, 0.1) is 0 Å². The summed E-state index contributed by atoms with van der Waals surface area (Å²) in [5.41, 5.74) is 0.952. The molecule has 0 heterocycles. The second-order valence-electron chi connectivity index (χ2n) is 4.45. The van der Waals surface area contributed by atoms with E-state index < -0.39 is 0 Å². The molecule has 0 aliphatic rings. The molecule has 1 rings (SSSR count). The van der Waals surface area contributed by atoms with Gasteiger partial charge < -0.3 is 15.5 Å². The lowest BCUT2D eigenvalue weighted by Gasteiger charge is -2.17. The van der Waals surface area contributed by atoms with E-state index in [4.69, 9.17) is 23.2 Å². The summed E-state index contributed by atoms with van der Waals surface area (Å²) in [6.45, 7) is 3.22. The fourth-order valence-corrected chi connectivity index (χ4v) is 2.05. The number of carbonyl (C=O) groups excluding carboxylic acids is 1. The molecule has 0 saturated heterocycles. The second kappa shape index (κ2) is 7.58. The van der Waals surface area contributed by atoms with E-state index in [1.807, 2.05) is 19.1 Å². The zero-order valence-corrected chi connectivity index (χ0v) is 12.8. The molecule has 2 N–H and O–H groups in total. The number of benzene rings is 1. The molecule has 106 valence electrons. The minimum absolute atomic E-state index is 0.0717. The lowest BCUT2D eigenvalue weighted by Crippen LogP contribution is -2.38. The largest absolute Gasteiger partial charge is 0.337 e. The highest BCUT2D eigenvalue weighted by atomic mass is 35.5. The Balaban J connectivity index is 2.41. The van der Waals surface area contributed by atoms with E-state index in [2.05, 4.69) is 10.6 Å². The molecule has 4 nitrogen and oxygen atoms in total. The van der Waals surface area contributed by atoms with Gasteiger partial charge in [-0.1, -0.05) is 35.3 Å². The Morgan fingerprint density at radius 3 is 2.63 bits per heavy atom. The Hall–Kier alpha value is -0.970. The highest BCUT2D eigenvalue weighted by molar-refractivity contribution is 6.42. The maximum atomic E-state index is 11.3. The van der Waals surface area contributed by atoms with Gasteiger partial charge in [-0.15, -0.1) is 0 Å². The van der Waals surface area contributed by atoms with Crippen molar-refractivity contribution in [1.82, 2.24) is 15.5 Å². The second-order valence-corrected chi connectivity index (χ2v) is 5.23. The normalized spacial score (nSPS) is 12.1. The molecule has 0 aromatic heterocycles. The summed E-state index contributed by atoms with van der Waals surface area (Å²) >= 11 is 12.1. The van der Waals surface area contributed by atoms with Crippen molar-refractivity contribution < 1.29 is 4.79 Å². The number of hydrogen-bond donors (Lipinski definition) is 2. The van der Waals surface area contributed by atoms with E-state index in [1.165, 1.54) is 4.90 Å². The summed E-state index contributed by atoms with van der Waals surface area (Å²) in [7, 11) is 3.41. The third-order valence-electron chi connectivity index (χ3n) is 2.71. The maximum absolute atomic E-state index is 11.3. The van der Waals surface area contributed by atoms with Crippen molar-refractivity contribution in [2.75, 3.05) is 27.2 Å². The summed E-state index contributed by atoms with van der Waals surface area (Å²) in [5.74, 6) is 0. The van der Waals surface area contributed by atoms with Gasteiger partial charge in [-0.2, -0.15) is 0 Å². The Morgan fingerprint density at radius 1 is 1.32 bits per heavy atom. The van der Waals surface area contributed by atoms with Crippen LogP contribution in [0.1, 0.15) is 18.5 Å². The number of nitrogens with one attached hydrogen (secondary N) is 2. The van der Waals surface area contributed by atoms with Gasteiger partial charge in [-0.25, -0.2) is 4.79 Å². The number of rotatable bonds is 5. The standard InChI is InChI=1S/C13H19Cl2N3O/c1-9(10-5-4-6-11(14)12(10)15)16-7-8-17-13(19)18(2)3/h4-6,9,16H,7-8H2,1-3H3,(H,17,19). The van der Waals surface area contributed by atoms with E-state index in [0.717, 1.165) is 5.56 Å². The van der Waals surface area contributed by atoms with Crippen molar-refractivity contribution in [3.05, 3.63) is 33.8 Å². The minimum atomic E-state index is -0.102. The van der Waals surface area contributed by atoms with E-state index in [9.17, 15) is 4.79 Å². The van der Waals surface area contributed by atoms with E-state index in [0.29, 0.717) is 23.1 Å². The number of hydrogen-bond acceptors (Lipinski definition) is 2. The Morgan fingerprint density at radius 2 is 2.00 bits per heavy atom. The first kappa shape index (κ1) is 16.1. The number of amides is 2. The molecule has 1 aromatic carbocycles. The van der Waals surface area contributed by atoms with Gasteiger partial charge >= 0.3 is 6.03 Å². The zero-order valence-electron chi connectivity index (χ0n) is 11.3. The van der Waals surface area contributed by atoms with Crippen LogP contribution in [0.4, 0.5) is 4.79 Å². The van der Waals surface area contributed by atoms with Crippen molar-refractivity contribution >= 4 is 29.2 Å². The van der Waals surface area contributed by atoms with Crippen LogP contribution >= 0.6 is 23.2 Å². The number of halogens is 2. The molecule has 0 fully saturated rings. The molecular weight excluding hydrogens is 285 g/mol. The van der Waals surface area contributed by atoms with Gasteiger partial charge in [-0.3, -0.25) is 0 Å². The molecule has 0 bridgehead atoms. The lowest BCUT2D eigenvalue weighted by molar-refractivity contribution is 0.217. The summed E-state index contributed by atoms with van der Waals surface area (Å²) in [6.07, 6.45) is 0. The van der Waals surface area contributed by atoms with Crippen LogP contribution in [0.3, 0.4) is 0 Å². The maximum Gasteiger partial charge on any atom is 0.316 e. The molecule has 0 spiro atoms. The third kappa shape index (κ3) is 4.90. The van der Waals surface area contributed by atoms with Gasteiger partial charge in [0, 0.05) is 33.2 Å². The summed E-state index contributed by atoms with van der Waals surface area (Å²) in [5, 5.41) is 7.19. The van der Waals surface area contributed by atoms with Gasteiger partial charge in [0.1, 0.15) is 0 Å². The van der Waals surface area contributed by atoms with Crippen LogP contribution in [0.15, 0.2) is 18.2 Å². The number of urea groups is 1. The lowest BCUT2D eigenvalue weighted by atomic mass is 10.1. The van der Waals surface area contributed by atoms with E-state index in [1.54, 1.807) is 20.2 Å². The molecule has 19 heavy (non-hydrogen) atoms. The fraction of sp³-hybridized carbons (Fsp3) is 0.462. The van der Waals surface area contributed by atoms with E-state index >= 15 is 0 Å². The predicted octanol–water partition coefficient (Wildman–Crippen LogP) is 2.92. The molecule has 1 unspecified atom stereocenters. The van der Waals surface area contributed by atoms with Crippen LogP contribution in [0.25, 0.3) is 0 Å². The molecule has 0 radical (unpaired) electrons. The van der Waals surface area contributed by atoms with Crippen molar-refractivity contribution in [3.8, 4) is 0 Å². The Labute approximate surface area is 124 Å². The van der Waals surface area contributed by atoms with Gasteiger partial charge in [0.15, 0.2) is 0 Å². The van der Waals surface area contributed by atoms with Crippen molar-refractivity contribution in [2.24, 2.45) is 0 Å². The summed E-state index contributed by atoms with van der Waals surface area (Å²) in [4.78, 5) is 12.8. The molecule has 2 amide bonds. The topological polar surface area (TPSA) is 44.4 Å². The van der Waals surface area contributed by atoms with E-state index in [-0.39, 0.29) is 12.1 Å². The average molecular weight is 304 g/mol. The molecule has 1 atom stereocenters. The first-order valence-corrected chi connectivity index (χ1v) is 6.81. The summed E-state index contributed by atoms with van der Waals surface area (Å²) < 4.78 is 0. The van der Waals surface area contributed by atoms with Crippen LogP contribution in [0.5, 0.6) is 0 Å². The van der Waals surface area contributed by atoms with Gasteiger partial charge in [0.05, 0.1) is 10.0 Å². The SMILES string of the molecule is CC(NCCNC(=O)N(C)C)c1cccc(Cl)c1Cl. The quantitative estimate of drug-likeness (QED) is 0.822. The molecule has 0 aliphatic carbocycles. The molecule has 0 aliphatic heterocycles. The molecule has 1 aromatic rings. The Kier molecular flexibility index (Phi) is 6.42.